The number of sulfonamides is 1. The third-order valence-corrected chi connectivity index (χ3v) is 7.74. The molecule has 1 heterocycles. The fraction of sp³-hybridized carbons (Fsp3) is 0.138. The Bertz CT molecular complexity index is 1850. The number of fused-ring (bicyclic) bond motifs is 2. The molecule has 1 aromatic heterocycles. The molecular weight excluding hydrogens is 530 g/mol. The van der Waals surface area contributed by atoms with Crippen LogP contribution in [0.15, 0.2) is 100 Å². The van der Waals surface area contributed by atoms with Gasteiger partial charge >= 0.3 is 0 Å². The summed E-state index contributed by atoms with van der Waals surface area (Å²) in [7, 11) is -3.97. The van der Waals surface area contributed by atoms with Gasteiger partial charge in [0.1, 0.15) is 4.90 Å². The minimum atomic E-state index is -3.97. The Labute approximate surface area is 231 Å². The van der Waals surface area contributed by atoms with E-state index in [9.17, 15) is 13.5 Å². The van der Waals surface area contributed by atoms with Gasteiger partial charge in [-0.3, -0.25) is 0 Å². The van der Waals surface area contributed by atoms with E-state index in [0.29, 0.717) is 6.54 Å². The molecule has 0 aliphatic heterocycles. The number of anilines is 1. The molecule has 4 aromatic carbocycles. The number of aromatic nitrogens is 1. The highest BCUT2D eigenvalue weighted by atomic mass is 32.2. The van der Waals surface area contributed by atoms with E-state index in [1.807, 2.05) is 47.0 Å². The molecule has 0 aliphatic rings. The Kier molecular flexibility index (Phi) is 7.17. The molecular formula is C29H27N5O3S2. The monoisotopic (exact) mass is 557 g/mol. The summed E-state index contributed by atoms with van der Waals surface area (Å²) in [5.74, 6) is 0.218. The Morgan fingerprint density at radius 1 is 1.00 bits per heavy atom. The number of nitrogens with one attached hydrogen (secondary N) is 1. The van der Waals surface area contributed by atoms with Gasteiger partial charge in [-0.1, -0.05) is 74.5 Å². The van der Waals surface area contributed by atoms with Gasteiger partial charge in [0.15, 0.2) is 5.69 Å². The summed E-state index contributed by atoms with van der Waals surface area (Å²) in [4.78, 5) is -0.112. The van der Waals surface area contributed by atoms with Crippen LogP contribution in [0.1, 0.15) is 30.9 Å². The van der Waals surface area contributed by atoms with Crippen molar-refractivity contribution in [3.8, 4) is 5.88 Å². The van der Waals surface area contributed by atoms with E-state index in [1.165, 1.54) is 12.1 Å². The van der Waals surface area contributed by atoms with E-state index >= 15 is 0 Å². The third-order valence-electron chi connectivity index (χ3n) is 6.59. The third kappa shape index (κ3) is 5.40. The van der Waals surface area contributed by atoms with E-state index in [1.54, 1.807) is 12.1 Å². The molecule has 8 nitrogen and oxygen atoms in total. The minimum Gasteiger partial charge on any atom is -0.493 e. The molecule has 0 saturated carbocycles. The molecule has 0 saturated heterocycles. The highest BCUT2D eigenvalue weighted by Crippen LogP contribution is 2.41. The lowest BCUT2D eigenvalue weighted by Crippen LogP contribution is -2.16. The zero-order chi connectivity index (χ0) is 27.7. The largest absolute Gasteiger partial charge is 0.493 e. The number of hydrogen-bond donors (Lipinski definition) is 3. The zero-order valence-corrected chi connectivity index (χ0v) is 23.0. The molecule has 4 N–H and O–H groups in total. The van der Waals surface area contributed by atoms with Crippen LogP contribution in [0, 0.1) is 0 Å². The van der Waals surface area contributed by atoms with Crippen molar-refractivity contribution < 1.29 is 13.5 Å². The molecule has 0 spiro atoms. The topological polar surface area (TPSA) is 122 Å². The fourth-order valence-corrected chi connectivity index (χ4v) is 5.46. The van der Waals surface area contributed by atoms with Crippen LogP contribution in [0.25, 0.3) is 21.7 Å². The van der Waals surface area contributed by atoms with E-state index < -0.39 is 10.0 Å². The van der Waals surface area contributed by atoms with Gasteiger partial charge in [-0.15, -0.1) is 10.2 Å². The quantitative estimate of drug-likeness (QED) is 0.157. The lowest BCUT2D eigenvalue weighted by Gasteiger charge is -2.11. The fourth-order valence-electron chi connectivity index (χ4n) is 4.61. The van der Waals surface area contributed by atoms with E-state index in [-0.39, 0.29) is 33.2 Å². The summed E-state index contributed by atoms with van der Waals surface area (Å²) >= 11 is 5.32. The van der Waals surface area contributed by atoms with Crippen molar-refractivity contribution in [3.05, 3.63) is 96.1 Å². The Hall–Kier alpha value is -4.12. The summed E-state index contributed by atoms with van der Waals surface area (Å²) in [6.45, 7) is 4.61. The molecule has 198 valence electrons. The smallest absolute Gasteiger partial charge is 0.240 e. The van der Waals surface area contributed by atoms with Crippen molar-refractivity contribution >= 4 is 60.4 Å². The number of aromatic hydroxyl groups is 1. The van der Waals surface area contributed by atoms with Gasteiger partial charge < -0.3 is 15.0 Å². The number of nitrogens with two attached hydrogens (primary N) is 1. The zero-order valence-electron chi connectivity index (χ0n) is 21.4. The molecule has 0 radical (unpaired) electrons. The van der Waals surface area contributed by atoms with Gasteiger partial charge in [0.05, 0.1) is 17.7 Å². The Morgan fingerprint density at radius 3 is 2.49 bits per heavy atom. The first-order valence-electron chi connectivity index (χ1n) is 12.3. The first-order valence-corrected chi connectivity index (χ1v) is 14.2. The number of nitrogens with zero attached hydrogens (tertiary/aromatic N) is 3. The van der Waals surface area contributed by atoms with E-state index in [0.717, 1.165) is 32.8 Å². The second-order valence-corrected chi connectivity index (χ2v) is 11.4. The van der Waals surface area contributed by atoms with Gasteiger partial charge in [0, 0.05) is 5.39 Å². The standard InChI is InChI=1S/C29H27N5O3S2/c1-18(2)20-14-15-25-23(16-20)27(32-33-29(38)31-24-12-5-6-13-26(24)39(30,36)37)28(35)34(25)17-21-10-7-9-19-8-3-4-11-22(19)21/h3-16,18,35H,17H2,1-2H3,(H,31,38)(H2,30,36,37). The van der Waals surface area contributed by atoms with Crippen molar-refractivity contribution in [2.75, 3.05) is 5.32 Å². The van der Waals surface area contributed by atoms with Crippen LogP contribution in [0.5, 0.6) is 5.88 Å². The molecule has 0 fully saturated rings. The highest BCUT2D eigenvalue weighted by molar-refractivity contribution is 7.89. The molecule has 0 unspecified atom stereocenters. The molecule has 5 rings (SSSR count). The first kappa shape index (κ1) is 26.5. The highest BCUT2D eigenvalue weighted by Gasteiger charge is 2.19. The summed E-state index contributed by atoms with van der Waals surface area (Å²) in [6.07, 6.45) is 0. The molecule has 5 aromatic rings. The maximum absolute atomic E-state index is 11.9. The average Bonchev–Trinajstić information content (AvgIpc) is 3.17. The molecule has 0 bridgehead atoms. The number of rotatable bonds is 6. The van der Waals surface area contributed by atoms with Crippen molar-refractivity contribution in [1.29, 1.82) is 0 Å². The van der Waals surface area contributed by atoms with Crippen molar-refractivity contribution in [2.24, 2.45) is 15.4 Å². The Balaban J connectivity index is 1.55. The van der Waals surface area contributed by atoms with Crippen LogP contribution in [-0.4, -0.2) is 23.2 Å². The van der Waals surface area contributed by atoms with Crippen LogP contribution in [0.2, 0.25) is 0 Å². The lowest BCUT2D eigenvalue weighted by atomic mass is 10.0. The van der Waals surface area contributed by atoms with Gasteiger partial charge in [0.25, 0.3) is 0 Å². The normalized spacial score (nSPS) is 12.1. The predicted molar refractivity (Wildman–Crippen MR) is 159 cm³/mol. The SMILES string of the molecule is CC(C)c1ccc2c(c1)c(N=NC(=S)Nc1ccccc1S(N)(=O)=O)c(O)n2Cc1cccc2ccccc12. The lowest BCUT2D eigenvalue weighted by molar-refractivity contribution is 0.430. The van der Waals surface area contributed by atoms with Gasteiger partial charge in [-0.2, -0.15) is 0 Å². The van der Waals surface area contributed by atoms with Crippen molar-refractivity contribution in [2.45, 2.75) is 31.2 Å². The number of benzene rings is 4. The Morgan fingerprint density at radius 2 is 1.72 bits per heavy atom. The minimum absolute atomic E-state index is 0.0460. The number of primary sulfonamides is 1. The summed E-state index contributed by atoms with van der Waals surface area (Å²) in [6, 6.07) is 26.4. The van der Waals surface area contributed by atoms with Crippen LogP contribution in [0.3, 0.4) is 0 Å². The van der Waals surface area contributed by atoms with Crippen LogP contribution in [0.4, 0.5) is 11.4 Å². The van der Waals surface area contributed by atoms with Gasteiger partial charge in [-0.25, -0.2) is 13.6 Å². The van der Waals surface area contributed by atoms with Crippen LogP contribution in [-0.2, 0) is 16.6 Å². The maximum atomic E-state index is 11.9. The molecule has 39 heavy (non-hydrogen) atoms. The number of para-hydroxylation sites is 1. The summed E-state index contributed by atoms with van der Waals surface area (Å²) in [5.41, 5.74) is 3.40. The number of thiocarbonyl (C=S) groups is 1. The van der Waals surface area contributed by atoms with Gasteiger partial charge in [0.2, 0.25) is 21.0 Å². The summed E-state index contributed by atoms with van der Waals surface area (Å²) in [5, 5.41) is 30.8. The van der Waals surface area contributed by atoms with Crippen LogP contribution >= 0.6 is 12.2 Å². The van der Waals surface area contributed by atoms with E-state index in [4.69, 9.17) is 17.4 Å². The molecule has 0 atom stereocenters. The first-order chi connectivity index (χ1) is 18.6. The van der Waals surface area contributed by atoms with Gasteiger partial charge in [-0.05, 0) is 64.3 Å². The maximum Gasteiger partial charge on any atom is 0.240 e. The average molecular weight is 558 g/mol. The molecule has 0 amide bonds. The van der Waals surface area contributed by atoms with E-state index in [2.05, 4.69) is 47.6 Å². The summed E-state index contributed by atoms with van der Waals surface area (Å²) < 4.78 is 25.7. The second kappa shape index (κ2) is 10.6. The van der Waals surface area contributed by atoms with Crippen LogP contribution < -0.4 is 10.5 Å². The predicted octanol–water partition coefficient (Wildman–Crippen LogP) is 6.80. The second-order valence-electron chi connectivity index (χ2n) is 9.50. The number of hydrogen-bond acceptors (Lipinski definition) is 5. The van der Waals surface area contributed by atoms with Crippen molar-refractivity contribution in [1.82, 2.24) is 4.57 Å². The number of azo groups is 1. The molecule has 10 heteroatoms. The van der Waals surface area contributed by atoms with Crippen molar-refractivity contribution in [3.63, 3.8) is 0 Å². The molecule has 0 aliphatic carbocycles.